The van der Waals surface area contributed by atoms with Crippen LogP contribution < -0.4 is 4.90 Å². The zero-order chi connectivity index (χ0) is 8.27. The van der Waals surface area contributed by atoms with Crippen LogP contribution in [0.1, 0.15) is 26.7 Å². The Kier molecular flexibility index (Phi) is 3.34. The summed E-state index contributed by atoms with van der Waals surface area (Å²) < 4.78 is 5.70. The van der Waals surface area contributed by atoms with E-state index in [2.05, 4.69) is 20.9 Å². The van der Waals surface area contributed by atoms with Crippen LogP contribution in [0.5, 0.6) is 0 Å². The normalized spacial score (nSPS) is 32.7. The molecule has 0 amide bonds. The molecule has 11 heavy (non-hydrogen) atoms. The molecular formula is C9H19NO. The molecule has 1 heterocycles. The largest absolute Gasteiger partial charge is 0.468 e. The van der Waals surface area contributed by atoms with Crippen molar-refractivity contribution in [2.24, 2.45) is 0 Å². The maximum Gasteiger partial charge on any atom is 0.0683 e. The van der Waals surface area contributed by atoms with Crippen molar-refractivity contribution in [2.45, 2.75) is 38.9 Å². The van der Waals surface area contributed by atoms with E-state index in [1.54, 1.807) is 0 Å². The minimum Gasteiger partial charge on any atom is -0.468 e. The van der Waals surface area contributed by atoms with E-state index >= 15 is 0 Å². The number of hydrogen-bond acceptors (Lipinski definition) is 1. The Morgan fingerprint density at radius 2 is 1.91 bits per heavy atom. The van der Waals surface area contributed by atoms with Crippen LogP contribution >= 0.6 is 0 Å². The molecule has 0 aromatic carbocycles. The average Bonchev–Trinajstić information content (AvgIpc) is 1.93. The molecule has 1 fully saturated rings. The summed E-state index contributed by atoms with van der Waals surface area (Å²) in [5, 5.41) is 0. The highest BCUT2D eigenvalue weighted by atomic mass is 16.5. The summed E-state index contributed by atoms with van der Waals surface area (Å²) in [6, 6.07) is 0. The highest BCUT2D eigenvalue weighted by Crippen LogP contribution is 2.07. The van der Waals surface area contributed by atoms with Gasteiger partial charge in [0.25, 0.3) is 0 Å². The van der Waals surface area contributed by atoms with E-state index in [0.29, 0.717) is 12.2 Å². The van der Waals surface area contributed by atoms with Gasteiger partial charge in [-0.25, -0.2) is 0 Å². The molecule has 2 nitrogen and oxygen atoms in total. The van der Waals surface area contributed by atoms with Gasteiger partial charge >= 0.3 is 0 Å². The Bertz CT molecular complexity index is 106. The minimum atomic E-state index is 0.381. The molecule has 1 aliphatic rings. The van der Waals surface area contributed by atoms with E-state index in [0.717, 1.165) is 13.1 Å². The van der Waals surface area contributed by atoms with Gasteiger partial charge in [0.2, 0.25) is 0 Å². The van der Waals surface area contributed by atoms with Crippen molar-refractivity contribution >= 4 is 0 Å². The second-order valence-corrected chi connectivity index (χ2v) is 3.63. The number of quaternary nitrogens is 1. The summed E-state index contributed by atoms with van der Waals surface area (Å²) >= 11 is 0. The Hall–Kier alpha value is -0.0800. The number of nitrogens with one attached hydrogen (secondary N) is 1. The second kappa shape index (κ2) is 4.07. The Morgan fingerprint density at radius 1 is 1.36 bits per heavy atom. The fourth-order valence-electron chi connectivity index (χ4n) is 1.52. The lowest BCUT2D eigenvalue weighted by atomic mass is 10.1. The molecule has 0 spiro atoms. The third-order valence-corrected chi connectivity index (χ3v) is 2.10. The van der Waals surface area contributed by atoms with Crippen LogP contribution in [0, 0.1) is 7.05 Å². The predicted octanol–water partition coefficient (Wildman–Crippen LogP) is 0.250. The summed E-state index contributed by atoms with van der Waals surface area (Å²) in [7, 11) is 3.97. The zero-order valence-corrected chi connectivity index (χ0v) is 7.60. The molecule has 1 saturated heterocycles. The summed E-state index contributed by atoms with van der Waals surface area (Å²) in [5.74, 6) is 0. The van der Waals surface area contributed by atoms with Gasteiger partial charge in [-0.2, -0.15) is 7.05 Å². The van der Waals surface area contributed by atoms with E-state index in [1.165, 1.54) is 17.7 Å². The molecule has 0 aliphatic carbocycles. The molecule has 0 radical (unpaired) electrons. The SMILES string of the molecule is [CH2-][NH+]1CCC(OC(C)C)CC1. The topological polar surface area (TPSA) is 13.7 Å². The number of hydrogen-bond donors (Lipinski definition) is 1. The number of piperidine rings is 1. The predicted molar refractivity (Wildman–Crippen MR) is 45.3 cm³/mol. The van der Waals surface area contributed by atoms with Crippen molar-refractivity contribution in [3.05, 3.63) is 7.05 Å². The van der Waals surface area contributed by atoms with E-state index in [9.17, 15) is 0 Å². The van der Waals surface area contributed by atoms with Gasteiger partial charge in [-0.15, -0.1) is 0 Å². The first-order valence-corrected chi connectivity index (χ1v) is 4.50. The lowest BCUT2D eigenvalue weighted by Gasteiger charge is -2.31. The van der Waals surface area contributed by atoms with Gasteiger partial charge in [0.05, 0.1) is 25.3 Å². The van der Waals surface area contributed by atoms with Crippen LogP contribution in [0.15, 0.2) is 0 Å². The van der Waals surface area contributed by atoms with Crippen molar-refractivity contribution in [1.29, 1.82) is 0 Å². The number of likely N-dealkylation sites (tertiary alicyclic amines) is 1. The molecule has 0 bridgehead atoms. The van der Waals surface area contributed by atoms with Crippen LogP contribution in [-0.4, -0.2) is 25.3 Å². The van der Waals surface area contributed by atoms with Crippen LogP contribution in [0.25, 0.3) is 0 Å². The first-order chi connectivity index (χ1) is 5.18. The molecule has 0 saturated carbocycles. The lowest BCUT2D eigenvalue weighted by molar-refractivity contribution is -0.860. The Labute approximate surface area is 69.5 Å². The molecule has 0 aromatic heterocycles. The van der Waals surface area contributed by atoms with Crippen molar-refractivity contribution in [3.63, 3.8) is 0 Å². The summed E-state index contributed by atoms with van der Waals surface area (Å²) in [5.41, 5.74) is 0. The highest BCUT2D eigenvalue weighted by molar-refractivity contribution is 4.62. The van der Waals surface area contributed by atoms with Crippen LogP contribution in [0.2, 0.25) is 0 Å². The molecule has 0 unspecified atom stereocenters. The highest BCUT2D eigenvalue weighted by Gasteiger charge is 2.17. The van der Waals surface area contributed by atoms with Crippen molar-refractivity contribution in [1.82, 2.24) is 0 Å². The average molecular weight is 157 g/mol. The summed E-state index contributed by atoms with van der Waals surface area (Å²) in [4.78, 5) is 1.40. The molecule has 1 aliphatic heterocycles. The third-order valence-electron chi connectivity index (χ3n) is 2.10. The van der Waals surface area contributed by atoms with Gasteiger partial charge in [0, 0.05) is 12.8 Å². The third kappa shape index (κ3) is 3.21. The van der Waals surface area contributed by atoms with Crippen molar-refractivity contribution < 1.29 is 9.64 Å². The standard InChI is InChI=1S/C9H19NO/c1-8(2)11-9-4-6-10(3)7-5-9/h8-10H,3-7H2,1-2H3. The molecular weight excluding hydrogens is 138 g/mol. The Morgan fingerprint density at radius 3 is 2.36 bits per heavy atom. The van der Waals surface area contributed by atoms with Crippen LogP contribution in [0.3, 0.4) is 0 Å². The molecule has 66 valence electrons. The number of rotatable bonds is 2. The van der Waals surface area contributed by atoms with Gasteiger partial charge in [-0.05, 0) is 13.8 Å². The lowest BCUT2D eigenvalue weighted by Crippen LogP contribution is -3.08. The van der Waals surface area contributed by atoms with Gasteiger partial charge in [-0.3, -0.25) is 0 Å². The number of ether oxygens (including phenoxy) is 1. The smallest absolute Gasteiger partial charge is 0.0683 e. The fourth-order valence-corrected chi connectivity index (χ4v) is 1.52. The first kappa shape index (κ1) is 9.01. The van der Waals surface area contributed by atoms with Gasteiger partial charge in [0.1, 0.15) is 0 Å². The summed E-state index contributed by atoms with van der Waals surface area (Å²) in [6.07, 6.45) is 3.24. The van der Waals surface area contributed by atoms with E-state index < -0.39 is 0 Å². The quantitative estimate of drug-likeness (QED) is 0.567. The second-order valence-electron chi connectivity index (χ2n) is 3.63. The van der Waals surface area contributed by atoms with E-state index in [1.807, 2.05) is 0 Å². The Balaban J connectivity index is 2.17. The van der Waals surface area contributed by atoms with Crippen LogP contribution in [0.4, 0.5) is 0 Å². The van der Waals surface area contributed by atoms with Gasteiger partial charge in [0.15, 0.2) is 0 Å². The molecule has 1 rings (SSSR count). The summed E-state index contributed by atoms with van der Waals surface area (Å²) in [6.45, 7) is 6.53. The van der Waals surface area contributed by atoms with Crippen molar-refractivity contribution in [3.8, 4) is 0 Å². The molecule has 0 aromatic rings. The van der Waals surface area contributed by atoms with Crippen molar-refractivity contribution in [2.75, 3.05) is 13.1 Å². The van der Waals surface area contributed by atoms with E-state index in [4.69, 9.17) is 4.74 Å². The minimum absolute atomic E-state index is 0.381. The molecule has 2 heteroatoms. The maximum atomic E-state index is 5.70. The monoisotopic (exact) mass is 157 g/mol. The molecule has 1 N–H and O–H groups in total. The maximum absolute atomic E-state index is 5.70. The fraction of sp³-hybridized carbons (Fsp3) is 0.889. The van der Waals surface area contributed by atoms with Gasteiger partial charge in [-0.1, -0.05) is 0 Å². The zero-order valence-electron chi connectivity index (χ0n) is 7.60. The van der Waals surface area contributed by atoms with Crippen LogP contribution in [-0.2, 0) is 4.74 Å². The molecule has 0 atom stereocenters. The van der Waals surface area contributed by atoms with E-state index in [-0.39, 0.29) is 0 Å². The van der Waals surface area contributed by atoms with Gasteiger partial charge < -0.3 is 9.64 Å². The first-order valence-electron chi connectivity index (χ1n) is 4.50.